The average Bonchev–Trinajstić information content (AvgIpc) is 2.60. The van der Waals surface area contributed by atoms with Crippen LogP contribution in [-0.4, -0.2) is 26.6 Å². The molecule has 0 spiro atoms. The van der Waals surface area contributed by atoms with Gasteiger partial charge in [-0.05, 0) is 75.4 Å². The quantitative estimate of drug-likeness (QED) is 0.730. The lowest BCUT2D eigenvalue weighted by atomic mass is 10.00. The Balaban J connectivity index is 2.36. The Morgan fingerprint density at radius 1 is 1.00 bits per heavy atom. The minimum absolute atomic E-state index is 0.224. The zero-order valence-electron chi connectivity index (χ0n) is 18.4. The Hall–Kier alpha value is -2.34. The molecule has 0 heterocycles. The zero-order chi connectivity index (χ0) is 21.9. The summed E-state index contributed by atoms with van der Waals surface area (Å²) < 4.78 is 26.5. The van der Waals surface area contributed by atoms with Crippen LogP contribution in [0.1, 0.15) is 54.1 Å². The van der Waals surface area contributed by atoms with Gasteiger partial charge in [-0.1, -0.05) is 36.8 Å². The van der Waals surface area contributed by atoms with Crippen LogP contribution in [0.2, 0.25) is 0 Å². The van der Waals surface area contributed by atoms with E-state index >= 15 is 0 Å². The number of hydrogen-bond acceptors (Lipinski definition) is 3. The molecule has 0 aliphatic heterocycles. The molecule has 0 bridgehead atoms. The number of anilines is 1. The third-order valence-electron chi connectivity index (χ3n) is 5.33. The normalized spacial score (nSPS) is 13.6. The molecule has 0 saturated heterocycles. The topological polar surface area (TPSA) is 66.5 Å². The standard InChI is InChI=1S/C23H32N2O3S/c1-8-22(23(26)24-19(6)21-12-9-15(2)13-18(21)5)25(29(7,27)28)20-11-10-16(3)17(4)14-20/h9-14,19,22H,8H2,1-7H3,(H,24,26)/t19-,22+/m0/s1. The fourth-order valence-corrected chi connectivity index (χ4v) is 4.83. The lowest BCUT2D eigenvalue weighted by molar-refractivity contribution is -0.122. The number of amides is 1. The summed E-state index contributed by atoms with van der Waals surface area (Å²) in [5.41, 5.74) is 5.85. The van der Waals surface area contributed by atoms with Gasteiger partial charge in [-0.25, -0.2) is 8.42 Å². The van der Waals surface area contributed by atoms with Gasteiger partial charge in [-0.3, -0.25) is 9.10 Å². The summed E-state index contributed by atoms with van der Waals surface area (Å²) in [6.07, 6.45) is 1.51. The first kappa shape index (κ1) is 22.9. The van der Waals surface area contributed by atoms with E-state index in [1.165, 1.54) is 4.31 Å². The second-order valence-corrected chi connectivity index (χ2v) is 9.70. The van der Waals surface area contributed by atoms with Gasteiger partial charge in [-0.15, -0.1) is 0 Å². The Labute approximate surface area is 175 Å². The van der Waals surface area contributed by atoms with Gasteiger partial charge in [0.25, 0.3) is 0 Å². The van der Waals surface area contributed by atoms with Gasteiger partial charge < -0.3 is 5.32 Å². The maximum Gasteiger partial charge on any atom is 0.244 e. The molecule has 0 aliphatic carbocycles. The van der Waals surface area contributed by atoms with Crippen LogP contribution in [0.3, 0.4) is 0 Å². The number of carbonyl (C=O) groups excluding carboxylic acids is 1. The predicted octanol–water partition coefficient (Wildman–Crippen LogP) is 4.34. The smallest absolute Gasteiger partial charge is 0.244 e. The first-order valence-corrected chi connectivity index (χ1v) is 11.7. The largest absolute Gasteiger partial charge is 0.348 e. The van der Waals surface area contributed by atoms with E-state index in [4.69, 9.17) is 0 Å². The lowest BCUT2D eigenvalue weighted by Gasteiger charge is -2.31. The highest BCUT2D eigenvalue weighted by Gasteiger charge is 2.32. The second-order valence-electron chi connectivity index (χ2n) is 7.84. The minimum Gasteiger partial charge on any atom is -0.348 e. The number of hydrogen-bond donors (Lipinski definition) is 1. The molecule has 29 heavy (non-hydrogen) atoms. The number of aryl methyl sites for hydroxylation is 4. The Morgan fingerprint density at radius 2 is 1.66 bits per heavy atom. The molecule has 2 aromatic carbocycles. The van der Waals surface area contributed by atoms with E-state index in [1.54, 1.807) is 6.07 Å². The summed E-state index contributed by atoms with van der Waals surface area (Å²) in [6, 6.07) is 10.5. The van der Waals surface area contributed by atoms with Gasteiger partial charge in [0.15, 0.2) is 0 Å². The van der Waals surface area contributed by atoms with Crippen LogP contribution in [0.15, 0.2) is 36.4 Å². The molecule has 1 amide bonds. The number of benzene rings is 2. The molecule has 2 atom stereocenters. The van der Waals surface area contributed by atoms with Crippen molar-refractivity contribution in [2.45, 2.75) is 60.0 Å². The van der Waals surface area contributed by atoms with Crippen LogP contribution in [0.4, 0.5) is 5.69 Å². The highest BCUT2D eigenvalue weighted by molar-refractivity contribution is 7.92. The van der Waals surface area contributed by atoms with Gasteiger partial charge >= 0.3 is 0 Å². The number of nitrogens with one attached hydrogen (secondary N) is 1. The summed E-state index contributed by atoms with van der Waals surface area (Å²) in [5.74, 6) is -0.302. The van der Waals surface area contributed by atoms with Crippen molar-refractivity contribution >= 4 is 21.6 Å². The summed E-state index contributed by atoms with van der Waals surface area (Å²) in [4.78, 5) is 13.1. The van der Waals surface area contributed by atoms with Crippen LogP contribution in [-0.2, 0) is 14.8 Å². The Bertz CT molecular complexity index is 999. The van der Waals surface area contributed by atoms with E-state index in [-0.39, 0.29) is 11.9 Å². The summed E-state index contributed by atoms with van der Waals surface area (Å²) in [7, 11) is -3.65. The molecule has 2 rings (SSSR count). The van der Waals surface area contributed by atoms with Crippen molar-refractivity contribution in [3.05, 3.63) is 64.2 Å². The van der Waals surface area contributed by atoms with E-state index in [2.05, 4.69) is 11.4 Å². The number of nitrogens with zero attached hydrogens (tertiary/aromatic N) is 1. The van der Waals surface area contributed by atoms with Crippen LogP contribution in [0.25, 0.3) is 0 Å². The Morgan fingerprint density at radius 3 is 2.17 bits per heavy atom. The molecule has 0 unspecified atom stereocenters. The molecule has 1 N–H and O–H groups in total. The summed E-state index contributed by atoms with van der Waals surface area (Å²) in [6.45, 7) is 11.7. The van der Waals surface area contributed by atoms with Crippen LogP contribution in [0.5, 0.6) is 0 Å². The van der Waals surface area contributed by atoms with E-state index in [9.17, 15) is 13.2 Å². The van der Waals surface area contributed by atoms with Gasteiger partial charge in [0.1, 0.15) is 6.04 Å². The van der Waals surface area contributed by atoms with Gasteiger partial charge in [0, 0.05) is 0 Å². The minimum atomic E-state index is -3.65. The summed E-state index contributed by atoms with van der Waals surface area (Å²) in [5, 5.41) is 3.01. The fourth-order valence-electron chi connectivity index (χ4n) is 3.62. The maximum absolute atomic E-state index is 13.1. The third-order valence-corrected chi connectivity index (χ3v) is 6.51. The predicted molar refractivity (Wildman–Crippen MR) is 120 cm³/mol. The molecule has 6 heteroatoms. The molecule has 0 saturated carbocycles. The van der Waals surface area contributed by atoms with E-state index < -0.39 is 16.1 Å². The molecule has 0 aromatic heterocycles. The molecule has 0 fully saturated rings. The van der Waals surface area contributed by atoms with E-state index in [0.29, 0.717) is 12.1 Å². The number of carbonyl (C=O) groups is 1. The van der Waals surface area contributed by atoms with Crippen molar-refractivity contribution in [1.82, 2.24) is 5.32 Å². The molecule has 5 nitrogen and oxygen atoms in total. The van der Waals surface area contributed by atoms with Crippen LogP contribution >= 0.6 is 0 Å². The van der Waals surface area contributed by atoms with Gasteiger partial charge in [-0.2, -0.15) is 0 Å². The lowest BCUT2D eigenvalue weighted by Crippen LogP contribution is -2.49. The molecule has 0 radical (unpaired) electrons. The highest BCUT2D eigenvalue weighted by atomic mass is 32.2. The highest BCUT2D eigenvalue weighted by Crippen LogP contribution is 2.26. The van der Waals surface area contributed by atoms with Crippen molar-refractivity contribution in [2.75, 3.05) is 10.6 Å². The SMILES string of the molecule is CC[C@H](C(=O)N[C@@H](C)c1ccc(C)cc1C)N(c1ccc(C)c(C)c1)S(C)(=O)=O. The average molecular weight is 417 g/mol. The molecular formula is C23H32N2O3S. The zero-order valence-corrected chi connectivity index (χ0v) is 19.2. The third kappa shape index (κ3) is 5.38. The maximum atomic E-state index is 13.1. The van der Waals surface area contributed by atoms with Gasteiger partial charge in [0.05, 0.1) is 18.0 Å². The monoisotopic (exact) mass is 416 g/mol. The molecule has 158 valence electrons. The van der Waals surface area contributed by atoms with Crippen molar-refractivity contribution < 1.29 is 13.2 Å². The van der Waals surface area contributed by atoms with E-state index in [1.807, 2.05) is 65.8 Å². The number of sulfonamides is 1. The van der Waals surface area contributed by atoms with Crippen LogP contribution < -0.4 is 9.62 Å². The summed E-state index contributed by atoms with van der Waals surface area (Å²) >= 11 is 0. The van der Waals surface area contributed by atoms with Crippen molar-refractivity contribution in [1.29, 1.82) is 0 Å². The number of rotatable bonds is 7. The van der Waals surface area contributed by atoms with Crippen LogP contribution in [0, 0.1) is 27.7 Å². The molecular weight excluding hydrogens is 384 g/mol. The fraction of sp³-hybridized carbons (Fsp3) is 0.435. The first-order valence-electron chi connectivity index (χ1n) is 9.89. The second kappa shape index (κ2) is 8.99. The van der Waals surface area contributed by atoms with Crippen molar-refractivity contribution in [3.8, 4) is 0 Å². The van der Waals surface area contributed by atoms with E-state index in [0.717, 1.165) is 34.1 Å². The van der Waals surface area contributed by atoms with Crippen molar-refractivity contribution in [3.63, 3.8) is 0 Å². The molecule has 2 aromatic rings. The van der Waals surface area contributed by atoms with Crippen molar-refractivity contribution in [2.24, 2.45) is 0 Å². The first-order chi connectivity index (χ1) is 13.5. The van der Waals surface area contributed by atoms with Gasteiger partial charge in [0.2, 0.25) is 15.9 Å². The Kier molecular flexibility index (Phi) is 7.11. The molecule has 0 aliphatic rings.